The zero-order chi connectivity index (χ0) is 29.5. The molecule has 12 heteroatoms. The van der Waals surface area contributed by atoms with E-state index in [1.807, 2.05) is 32.2 Å². The third-order valence-electron chi connectivity index (χ3n) is 8.29. The highest BCUT2D eigenvalue weighted by molar-refractivity contribution is 6.71. The van der Waals surface area contributed by atoms with Gasteiger partial charge < -0.3 is 24.3 Å². The standard InChI is InChI=1S/C29H37N5O6Si/c1-6-13-34-23-10-9-21(33-14-7-8-25(39-3)27(33)36)17-22(23)29(28(34)37)19(2)26(41(4,5)38)24(40-29)11-15-32-18-20(12-16-35)30-31-32/h6-10,14,17-19,24,26,35,38H,1,11-13,15-16H2,2-5H3/t19-,24+,26-,29+/m1/s1. The summed E-state index contributed by atoms with van der Waals surface area (Å²) in [5.74, 6) is -0.342. The number of methoxy groups -OCH3 is 1. The Morgan fingerprint density at radius 1 is 1.27 bits per heavy atom. The van der Waals surface area contributed by atoms with Crippen LogP contribution in [-0.2, 0) is 28.1 Å². The quantitative estimate of drug-likeness (QED) is 0.277. The van der Waals surface area contributed by atoms with Crippen LogP contribution in [0.15, 0.2) is 60.2 Å². The molecule has 41 heavy (non-hydrogen) atoms. The Labute approximate surface area is 239 Å². The molecule has 2 aliphatic heterocycles. The monoisotopic (exact) mass is 579 g/mol. The zero-order valence-electron chi connectivity index (χ0n) is 23.9. The number of hydrogen-bond acceptors (Lipinski definition) is 8. The van der Waals surface area contributed by atoms with Gasteiger partial charge in [-0.05, 0) is 49.8 Å². The SMILES string of the molecule is C=CCN1C(=O)[C@@]2(O[C@@H](CCn3cc(CCO)nn3)[C@H]([Si](C)(C)O)[C@H]2C)c2cc(-n3cccc(OC)c3=O)ccc21. The molecule has 4 heterocycles. The van der Waals surface area contributed by atoms with Crippen LogP contribution in [-0.4, -0.2) is 70.1 Å². The lowest BCUT2D eigenvalue weighted by Crippen LogP contribution is -2.46. The summed E-state index contributed by atoms with van der Waals surface area (Å²) in [7, 11) is -1.40. The van der Waals surface area contributed by atoms with Gasteiger partial charge in [-0.15, -0.1) is 11.7 Å². The van der Waals surface area contributed by atoms with Gasteiger partial charge in [0.15, 0.2) is 19.7 Å². The van der Waals surface area contributed by atoms with Crippen molar-refractivity contribution in [3.63, 3.8) is 0 Å². The van der Waals surface area contributed by atoms with Gasteiger partial charge in [-0.25, -0.2) is 0 Å². The third kappa shape index (κ3) is 4.84. The van der Waals surface area contributed by atoms with Crippen molar-refractivity contribution in [2.24, 2.45) is 5.92 Å². The largest absolute Gasteiger partial charge is 0.491 e. The summed E-state index contributed by atoms with van der Waals surface area (Å²) in [5.41, 5.74) is 0.720. The molecule has 2 aliphatic rings. The van der Waals surface area contributed by atoms with Gasteiger partial charge in [0, 0.05) is 61.2 Å². The molecule has 0 bridgehead atoms. The van der Waals surface area contributed by atoms with E-state index in [0.717, 1.165) is 0 Å². The molecule has 0 saturated carbocycles. The maximum Gasteiger partial charge on any atom is 0.297 e. The second-order valence-corrected chi connectivity index (χ2v) is 15.2. The first-order valence-corrected chi connectivity index (χ1v) is 16.8. The number of aliphatic hydroxyl groups excluding tert-OH is 1. The third-order valence-corrected chi connectivity index (χ3v) is 10.8. The van der Waals surface area contributed by atoms with E-state index < -0.39 is 20.0 Å². The Bertz CT molecular complexity index is 1510. The first-order valence-electron chi connectivity index (χ1n) is 13.8. The molecule has 2 N–H and O–H groups in total. The van der Waals surface area contributed by atoms with Crippen LogP contribution in [0, 0.1) is 5.92 Å². The molecule has 1 aromatic carbocycles. The number of pyridine rings is 1. The Kier molecular flexibility index (Phi) is 7.77. The van der Waals surface area contributed by atoms with E-state index in [0.29, 0.717) is 48.6 Å². The number of benzene rings is 1. The Hall–Kier alpha value is -3.58. The van der Waals surface area contributed by atoms with Crippen LogP contribution in [0.25, 0.3) is 5.69 Å². The van der Waals surface area contributed by atoms with Crippen LogP contribution in [0.2, 0.25) is 18.6 Å². The summed E-state index contributed by atoms with van der Waals surface area (Å²) < 4.78 is 15.3. The van der Waals surface area contributed by atoms with Gasteiger partial charge in [-0.2, -0.15) is 0 Å². The van der Waals surface area contributed by atoms with Gasteiger partial charge in [0.2, 0.25) is 0 Å². The van der Waals surface area contributed by atoms with Gasteiger partial charge in [0.1, 0.15) is 0 Å². The van der Waals surface area contributed by atoms with Gasteiger partial charge in [-0.3, -0.25) is 18.8 Å². The molecule has 1 spiro atoms. The molecular weight excluding hydrogens is 542 g/mol. The van der Waals surface area contributed by atoms with Crippen molar-refractivity contribution in [3.05, 3.63) is 77.0 Å². The average molecular weight is 580 g/mol. The Morgan fingerprint density at radius 2 is 2.05 bits per heavy atom. The maximum absolute atomic E-state index is 14.3. The van der Waals surface area contributed by atoms with Crippen molar-refractivity contribution in [3.8, 4) is 11.4 Å². The molecule has 4 atom stereocenters. The normalized spacial score (nSPS) is 23.8. The number of fused-ring (bicyclic) bond motifs is 2. The number of nitrogens with zero attached hydrogens (tertiary/aromatic N) is 5. The van der Waals surface area contributed by atoms with Crippen LogP contribution in [0.5, 0.6) is 5.75 Å². The zero-order valence-corrected chi connectivity index (χ0v) is 24.9. The molecule has 0 aliphatic carbocycles. The van der Waals surface area contributed by atoms with E-state index in [2.05, 4.69) is 16.9 Å². The summed E-state index contributed by atoms with van der Waals surface area (Å²) in [5, 5.41) is 17.5. The lowest BCUT2D eigenvalue weighted by Gasteiger charge is -2.32. The molecule has 2 aromatic heterocycles. The Balaban J connectivity index is 1.59. The molecule has 0 unspecified atom stereocenters. The molecule has 11 nitrogen and oxygen atoms in total. The minimum Gasteiger partial charge on any atom is -0.491 e. The lowest BCUT2D eigenvalue weighted by atomic mass is 9.82. The maximum atomic E-state index is 14.3. The smallest absolute Gasteiger partial charge is 0.297 e. The number of aromatic nitrogens is 4. The number of rotatable bonds is 10. The lowest BCUT2D eigenvalue weighted by molar-refractivity contribution is -0.145. The molecule has 1 fully saturated rings. The number of carbonyl (C=O) groups excluding carboxylic acids is 1. The average Bonchev–Trinajstić information content (AvgIpc) is 3.58. The summed E-state index contributed by atoms with van der Waals surface area (Å²) in [4.78, 5) is 40.6. The summed E-state index contributed by atoms with van der Waals surface area (Å²) in [6.07, 6.45) is 5.63. The molecule has 218 valence electrons. The molecule has 3 aromatic rings. The van der Waals surface area contributed by atoms with E-state index in [-0.39, 0.29) is 35.3 Å². The van der Waals surface area contributed by atoms with E-state index in [1.165, 1.54) is 11.7 Å². The van der Waals surface area contributed by atoms with Crippen molar-refractivity contribution in [1.82, 2.24) is 19.6 Å². The van der Waals surface area contributed by atoms with Crippen molar-refractivity contribution in [2.45, 2.75) is 56.7 Å². The van der Waals surface area contributed by atoms with Crippen molar-refractivity contribution >= 4 is 19.9 Å². The minimum atomic E-state index is -2.85. The molecule has 5 rings (SSSR count). The van der Waals surface area contributed by atoms with Crippen molar-refractivity contribution in [2.75, 3.05) is 25.2 Å². The fraction of sp³-hybridized carbons (Fsp3) is 0.448. The highest BCUT2D eigenvalue weighted by Gasteiger charge is 2.66. The van der Waals surface area contributed by atoms with Crippen LogP contribution in [0.3, 0.4) is 0 Å². The highest BCUT2D eigenvalue weighted by Crippen LogP contribution is 2.59. The number of hydrogen-bond donors (Lipinski definition) is 2. The van der Waals surface area contributed by atoms with Crippen LogP contribution < -0.4 is 15.2 Å². The number of aryl methyl sites for hydroxylation is 1. The van der Waals surface area contributed by atoms with E-state index in [1.54, 1.807) is 46.3 Å². The molecule has 0 radical (unpaired) electrons. The number of ether oxygens (including phenoxy) is 2. The predicted molar refractivity (Wildman–Crippen MR) is 156 cm³/mol. The van der Waals surface area contributed by atoms with Crippen molar-refractivity contribution < 1.29 is 24.2 Å². The number of amides is 1. The number of anilines is 1. The van der Waals surface area contributed by atoms with E-state index >= 15 is 0 Å². The van der Waals surface area contributed by atoms with Crippen molar-refractivity contribution in [1.29, 1.82) is 0 Å². The van der Waals surface area contributed by atoms with Crippen LogP contribution >= 0.6 is 0 Å². The fourth-order valence-electron chi connectivity index (χ4n) is 6.56. The first-order chi connectivity index (χ1) is 19.6. The summed E-state index contributed by atoms with van der Waals surface area (Å²) in [6, 6.07) is 8.82. The van der Waals surface area contributed by atoms with Gasteiger partial charge in [0.25, 0.3) is 11.5 Å². The van der Waals surface area contributed by atoms with Crippen LogP contribution in [0.4, 0.5) is 5.69 Å². The predicted octanol–water partition coefficient (Wildman–Crippen LogP) is 2.39. The molecular formula is C29H37N5O6Si. The summed E-state index contributed by atoms with van der Waals surface area (Å²) in [6.45, 7) is 10.4. The van der Waals surface area contributed by atoms with Gasteiger partial charge in [0.05, 0.1) is 24.6 Å². The second-order valence-electron chi connectivity index (χ2n) is 11.3. The van der Waals surface area contributed by atoms with E-state index in [4.69, 9.17) is 9.47 Å². The van der Waals surface area contributed by atoms with Gasteiger partial charge >= 0.3 is 0 Å². The van der Waals surface area contributed by atoms with Gasteiger partial charge in [-0.1, -0.05) is 18.2 Å². The minimum absolute atomic E-state index is 0.0105. The number of carbonyl (C=O) groups is 1. The first kappa shape index (κ1) is 28.9. The second kappa shape index (κ2) is 11.0. The van der Waals surface area contributed by atoms with Crippen LogP contribution in [0.1, 0.15) is 24.6 Å². The molecule has 1 amide bonds. The number of aliphatic hydroxyl groups is 1. The highest BCUT2D eigenvalue weighted by atomic mass is 28.4. The Morgan fingerprint density at radius 3 is 2.73 bits per heavy atom. The summed E-state index contributed by atoms with van der Waals surface area (Å²) >= 11 is 0. The fourth-order valence-corrected chi connectivity index (χ4v) is 9.17. The van der Waals surface area contributed by atoms with E-state index in [9.17, 15) is 19.5 Å². The topological polar surface area (TPSA) is 132 Å². The molecule has 1 saturated heterocycles.